The Morgan fingerprint density at radius 3 is 2.85 bits per heavy atom. The van der Waals surface area contributed by atoms with Crippen LogP contribution in [0.1, 0.15) is 36.7 Å². The van der Waals surface area contributed by atoms with Gasteiger partial charge in [-0.25, -0.2) is 4.98 Å². The summed E-state index contributed by atoms with van der Waals surface area (Å²) in [6.07, 6.45) is 7.17. The third kappa shape index (κ3) is 3.79. The second-order valence-electron chi connectivity index (χ2n) is 5.73. The molecule has 2 fully saturated rings. The molecule has 20 heavy (non-hydrogen) atoms. The standard InChI is InChI=1S/C15H25N3OS/c1(6-17-9-11-19-12-10-17)2-7-18-8-3-4-14(18)15-16-5-13-20-15/h5,13-14H,1-4,6-12H2/t14-/m1/s1. The Labute approximate surface area is 125 Å². The molecule has 0 radical (unpaired) electrons. The van der Waals surface area contributed by atoms with E-state index in [2.05, 4.69) is 20.2 Å². The van der Waals surface area contributed by atoms with E-state index in [-0.39, 0.29) is 0 Å². The number of aromatic nitrogens is 1. The van der Waals surface area contributed by atoms with E-state index in [1.54, 1.807) is 0 Å². The molecule has 112 valence electrons. The van der Waals surface area contributed by atoms with Gasteiger partial charge in [-0.1, -0.05) is 0 Å². The van der Waals surface area contributed by atoms with Gasteiger partial charge in [0, 0.05) is 24.7 Å². The molecule has 2 aliphatic heterocycles. The molecule has 3 rings (SSSR count). The lowest BCUT2D eigenvalue weighted by Crippen LogP contribution is -2.37. The highest BCUT2D eigenvalue weighted by Crippen LogP contribution is 2.32. The minimum Gasteiger partial charge on any atom is -0.379 e. The number of unbranched alkanes of at least 4 members (excludes halogenated alkanes) is 1. The average molecular weight is 295 g/mol. The molecule has 2 aliphatic rings. The van der Waals surface area contributed by atoms with Crippen molar-refractivity contribution in [2.24, 2.45) is 0 Å². The molecule has 2 saturated heterocycles. The maximum atomic E-state index is 5.39. The molecule has 0 spiro atoms. The van der Waals surface area contributed by atoms with Gasteiger partial charge in [0.05, 0.1) is 19.3 Å². The number of likely N-dealkylation sites (tertiary alicyclic amines) is 1. The number of morpholine rings is 1. The Morgan fingerprint density at radius 1 is 1.20 bits per heavy atom. The number of hydrogen-bond acceptors (Lipinski definition) is 5. The highest BCUT2D eigenvalue weighted by molar-refractivity contribution is 7.09. The van der Waals surface area contributed by atoms with Crippen molar-refractivity contribution in [1.82, 2.24) is 14.8 Å². The van der Waals surface area contributed by atoms with E-state index in [4.69, 9.17) is 4.74 Å². The quantitative estimate of drug-likeness (QED) is 0.754. The Kier molecular flexibility index (Phi) is 5.42. The van der Waals surface area contributed by atoms with Crippen molar-refractivity contribution in [1.29, 1.82) is 0 Å². The fourth-order valence-corrected chi connectivity index (χ4v) is 4.05. The van der Waals surface area contributed by atoms with Gasteiger partial charge >= 0.3 is 0 Å². The van der Waals surface area contributed by atoms with E-state index in [1.165, 1.54) is 50.3 Å². The Balaban J connectivity index is 1.37. The molecule has 4 nitrogen and oxygen atoms in total. The number of rotatable bonds is 6. The summed E-state index contributed by atoms with van der Waals surface area (Å²) in [5.41, 5.74) is 0. The molecule has 1 atom stereocenters. The molecule has 0 unspecified atom stereocenters. The van der Waals surface area contributed by atoms with Crippen molar-refractivity contribution in [3.8, 4) is 0 Å². The lowest BCUT2D eigenvalue weighted by Gasteiger charge is -2.27. The molecule has 0 aliphatic carbocycles. The molecule has 0 N–H and O–H groups in total. The Bertz CT molecular complexity index is 378. The van der Waals surface area contributed by atoms with Crippen LogP contribution in [0.15, 0.2) is 11.6 Å². The van der Waals surface area contributed by atoms with Crippen molar-refractivity contribution in [3.63, 3.8) is 0 Å². The number of nitrogens with zero attached hydrogens (tertiary/aromatic N) is 3. The van der Waals surface area contributed by atoms with Crippen molar-refractivity contribution in [2.45, 2.75) is 31.7 Å². The SMILES string of the molecule is c1csc([C@H]2CCCN2CCCCN2CCOCC2)n1. The molecule has 0 saturated carbocycles. The van der Waals surface area contributed by atoms with Crippen LogP contribution in [0.3, 0.4) is 0 Å². The molecule has 0 aromatic carbocycles. The summed E-state index contributed by atoms with van der Waals surface area (Å²) >= 11 is 1.81. The summed E-state index contributed by atoms with van der Waals surface area (Å²) in [5, 5.41) is 3.42. The van der Waals surface area contributed by atoms with Crippen LogP contribution in [0.2, 0.25) is 0 Å². The third-order valence-electron chi connectivity index (χ3n) is 4.37. The predicted molar refractivity (Wildman–Crippen MR) is 82.2 cm³/mol. The van der Waals surface area contributed by atoms with Crippen LogP contribution in [0.5, 0.6) is 0 Å². The number of hydrogen-bond donors (Lipinski definition) is 0. The van der Waals surface area contributed by atoms with E-state index in [0.717, 1.165) is 26.3 Å². The Morgan fingerprint density at radius 2 is 2.05 bits per heavy atom. The van der Waals surface area contributed by atoms with E-state index in [1.807, 2.05) is 17.5 Å². The van der Waals surface area contributed by atoms with Gasteiger partial charge < -0.3 is 4.74 Å². The van der Waals surface area contributed by atoms with Crippen LogP contribution >= 0.6 is 11.3 Å². The van der Waals surface area contributed by atoms with Crippen molar-refractivity contribution >= 4 is 11.3 Å². The predicted octanol–water partition coefficient (Wildman–Crippen LogP) is 2.39. The monoisotopic (exact) mass is 295 g/mol. The second-order valence-corrected chi connectivity index (χ2v) is 6.65. The summed E-state index contributed by atoms with van der Waals surface area (Å²) in [4.78, 5) is 9.68. The zero-order chi connectivity index (χ0) is 13.6. The van der Waals surface area contributed by atoms with Crippen LogP contribution in [0, 0.1) is 0 Å². The molecule has 1 aromatic rings. The highest BCUT2D eigenvalue weighted by Gasteiger charge is 2.27. The number of thiazole rings is 1. The molecule has 3 heterocycles. The number of ether oxygens (including phenoxy) is 1. The highest BCUT2D eigenvalue weighted by atomic mass is 32.1. The first-order valence-corrected chi connectivity index (χ1v) is 8.75. The smallest absolute Gasteiger partial charge is 0.110 e. The Hall–Kier alpha value is -0.490. The summed E-state index contributed by atoms with van der Waals surface area (Å²) in [7, 11) is 0. The minimum atomic E-state index is 0.596. The van der Waals surface area contributed by atoms with E-state index in [0.29, 0.717) is 6.04 Å². The minimum absolute atomic E-state index is 0.596. The van der Waals surface area contributed by atoms with Gasteiger partial charge in [-0.05, 0) is 45.3 Å². The summed E-state index contributed by atoms with van der Waals surface area (Å²) in [6.45, 7) is 7.78. The normalized spacial score (nSPS) is 25.3. The van der Waals surface area contributed by atoms with Gasteiger partial charge in [0.2, 0.25) is 0 Å². The van der Waals surface area contributed by atoms with Crippen molar-refractivity contribution in [2.75, 3.05) is 45.9 Å². The molecule has 0 amide bonds. The lowest BCUT2D eigenvalue weighted by molar-refractivity contribution is 0.0368. The molecule has 5 heteroatoms. The van der Waals surface area contributed by atoms with Crippen LogP contribution < -0.4 is 0 Å². The van der Waals surface area contributed by atoms with Crippen LogP contribution in [-0.4, -0.2) is 60.7 Å². The molecule has 1 aromatic heterocycles. The van der Waals surface area contributed by atoms with Gasteiger partial charge in [-0.2, -0.15) is 0 Å². The van der Waals surface area contributed by atoms with Crippen molar-refractivity contribution in [3.05, 3.63) is 16.6 Å². The van der Waals surface area contributed by atoms with Crippen LogP contribution in [-0.2, 0) is 4.74 Å². The summed E-state index contributed by atoms with van der Waals surface area (Å²) in [5.74, 6) is 0. The van der Waals surface area contributed by atoms with Gasteiger partial charge in [-0.3, -0.25) is 9.80 Å². The second kappa shape index (κ2) is 7.50. The summed E-state index contributed by atoms with van der Waals surface area (Å²) in [6, 6.07) is 0.596. The van der Waals surface area contributed by atoms with Gasteiger partial charge in [-0.15, -0.1) is 11.3 Å². The van der Waals surface area contributed by atoms with Gasteiger partial charge in [0.25, 0.3) is 0 Å². The zero-order valence-corrected chi connectivity index (χ0v) is 13.0. The summed E-state index contributed by atoms with van der Waals surface area (Å²) < 4.78 is 5.39. The molecular weight excluding hydrogens is 270 g/mol. The topological polar surface area (TPSA) is 28.6 Å². The maximum absolute atomic E-state index is 5.39. The fourth-order valence-electron chi connectivity index (χ4n) is 3.25. The lowest BCUT2D eigenvalue weighted by atomic mass is 10.2. The van der Waals surface area contributed by atoms with E-state index < -0.39 is 0 Å². The van der Waals surface area contributed by atoms with E-state index in [9.17, 15) is 0 Å². The van der Waals surface area contributed by atoms with Crippen LogP contribution in [0.4, 0.5) is 0 Å². The zero-order valence-electron chi connectivity index (χ0n) is 12.2. The molecular formula is C15H25N3OS. The van der Waals surface area contributed by atoms with E-state index >= 15 is 0 Å². The first-order chi connectivity index (χ1) is 9.93. The average Bonchev–Trinajstić information content (AvgIpc) is 3.15. The third-order valence-corrected chi connectivity index (χ3v) is 5.25. The molecule has 0 bridgehead atoms. The fraction of sp³-hybridized carbons (Fsp3) is 0.800. The van der Waals surface area contributed by atoms with Gasteiger partial charge in [0.15, 0.2) is 0 Å². The van der Waals surface area contributed by atoms with Crippen molar-refractivity contribution < 1.29 is 4.74 Å². The largest absolute Gasteiger partial charge is 0.379 e. The van der Waals surface area contributed by atoms with Crippen LogP contribution in [0.25, 0.3) is 0 Å². The first-order valence-electron chi connectivity index (χ1n) is 7.87. The van der Waals surface area contributed by atoms with Gasteiger partial charge in [0.1, 0.15) is 5.01 Å². The maximum Gasteiger partial charge on any atom is 0.110 e. The first kappa shape index (κ1) is 14.4.